The van der Waals surface area contributed by atoms with E-state index in [4.69, 9.17) is 18.9 Å². The zero-order chi connectivity index (χ0) is 27.4. The lowest BCUT2D eigenvalue weighted by Crippen LogP contribution is -2.32. The topological polar surface area (TPSA) is 124 Å². The number of amides is 2. The van der Waals surface area contributed by atoms with E-state index in [0.717, 1.165) is 12.8 Å². The molecule has 0 saturated carbocycles. The fraction of sp³-hybridized carbons (Fsp3) is 0.370. The van der Waals surface area contributed by atoms with Crippen molar-refractivity contribution in [3.63, 3.8) is 0 Å². The number of benzene rings is 2. The predicted molar refractivity (Wildman–Crippen MR) is 140 cm³/mol. The van der Waals surface area contributed by atoms with Gasteiger partial charge < -0.3 is 34.3 Å². The van der Waals surface area contributed by atoms with Gasteiger partial charge in [-0.2, -0.15) is 0 Å². The molecule has 2 N–H and O–H groups in total. The van der Waals surface area contributed by atoms with Crippen molar-refractivity contribution in [1.82, 2.24) is 0 Å². The number of carbonyl (C=O) groups excluding carboxylic acids is 3. The van der Waals surface area contributed by atoms with Gasteiger partial charge in [0.25, 0.3) is 5.91 Å². The van der Waals surface area contributed by atoms with Gasteiger partial charge in [-0.25, -0.2) is 4.79 Å². The zero-order valence-electron chi connectivity index (χ0n) is 21.8. The van der Waals surface area contributed by atoms with Crippen LogP contribution in [0.15, 0.2) is 36.4 Å². The Kier molecular flexibility index (Phi) is 11.4. The Balaban J connectivity index is 2.24. The molecule has 0 aliphatic rings. The van der Waals surface area contributed by atoms with Crippen molar-refractivity contribution in [2.45, 2.75) is 26.7 Å². The van der Waals surface area contributed by atoms with Crippen molar-refractivity contribution in [2.24, 2.45) is 0 Å². The normalized spacial score (nSPS) is 10.7. The number of rotatable bonds is 13. The lowest BCUT2D eigenvalue weighted by Gasteiger charge is -2.21. The molecule has 10 heteroatoms. The van der Waals surface area contributed by atoms with Gasteiger partial charge in [0.05, 0.1) is 32.1 Å². The summed E-state index contributed by atoms with van der Waals surface area (Å²) < 4.78 is 20.8. The summed E-state index contributed by atoms with van der Waals surface area (Å²) in [6.45, 7) is 4.20. The number of phenolic OH excluding ortho intramolecular Hbond substituents is 1. The number of esters is 1. The quantitative estimate of drug-likeness (QED) is 0.233. The molecule has 2 rings (SSSR count). The summed E-state index contributed by atoms with van der Waals surface area (Å²) in [6, 6.07) is 7.66. The summed E-state index contributed by atoms with van der Waals surface area (Å²) in [7, 11) is 4.34. The fourth-order valence-corrected chi connectivity index (χ4v) is 3.27. The first-order chi connectivity index (χ1) is 17.7. The van der Waals surface area contributed by atoms with E-state index in [0.29, 0.717) is 17.9 Å². The molecule has 37 heavy (non-hydrogen) atoms. The largest absolute Gasteiger partial charge is 0.502 e. The van der Waals surface area contributed by atoms with E-state index < -0.39 is 11.9 Å². The highest BCUT2D eigenvalue weighted by atomic mass is 16.5. The molecule has 0 saturated heterocycles. The number of nitrogens with one attached hydrogen (secondary N) is 1. The molecule has 2 aromatic carbocycles. The van der Waals surface area contributed by atoms with Gasteiger partial charge in [-0.05, 0) is 55.3 Å². The van der Waals surface area contributed by atoms with Crippen LogP contribution in [0.4, 0.5) is 11.4 Å². The molecule has 0 bridgehead atoms. The van der Waals surface area contributed by atoms with Crippen LogP contribution in [-0.2, 0) is 19.1 Å². The van der Waals surface area contributed by atoms with Gasteiger partial charge in [-0.15, -0.1) is 0 Å². The number of methoxy groups -OCH3 is 2. The van der Waals surface area contributed by atoms with E-state index in [1.165, 1.54) is 50.5 Å². The number of ether oxygens (including phenoxy) is 4. The first kappa shape index (κ1) is 29.2. The Hall–Kier alpha value is -4.05. The lowest BCUT2D eigenvalue weighted by molar-refractivity contribution is -0.122. The van der Waals surface area contributed by atoms with Gasteiger partial charge in [0.1, 0.15) is 6.61 Å². The molecule has 0 atom stereocenters. The molecule has 0 radical (unpaired) electrons. The highest BCUT2D eigenvalue weighted by Gasteiger charge is 2.21. The maximum atomic E-state index is 12.7. The summed E-state index contributed by atoms with van der Waals surface area (Å²) in [6.07, 6.45) is 4.60. The average Bonchev–Trinajstić information content (AvgIpc) is 2.89. The third-order valence-corrected chi connectivity index (χ3v) is 5.29. The summed E-state index contributed by atoms with van der Waals surface area (Å²) in [4.78, 5) is 39.1. The molecule has 0 aliphatic carbocycles. The van der Waals surface area contributed by atoms with E-state index in [2.05, 4.69) is 5.32 Å². The Morgan fingerprint density at radius 2 is 1.73 bits per heavy atom. The van der Waals surface area contributed by atoms with Crippen LogP contribution in [0.1, 0.15) is 42.6 Å². The minimum Gasteiger partial charge on any atom is -0.502 e. The number of anilines is 2. The van der Waals surface area contributed by atoms with Crippen molar-refractivity contribution in [3.8, 4) is 17.2 Å². The highest BCUT2D eigenvalue weighted by Crippen LogP contribution is 2.37. The van der Waals surface area contributed by atoms with Crippen LogP contribution < -0.4 is 19.7 Å². The van der Waals surface area contributed by atoms with Crippen LogP contribution in [0, 0.1) is 0 Å². The van der Waals surface area contributed by atoms with E-state index in [1.54, 1.807) is 25.1 Å². The van der Waals surface area contributed by atoms with E-state index >= 15 is 0 Å². The Bertz CT molecular complexity index is 1100. The van der Waals surface area contributed by atoms with E-state index in [1.807, 2.05) is 6.92 Å². The molecular formula is C27H34N2O8. The molecule has 0 heterocycles. The van der Waals surface area contributed by atoms with E-state index in [-0.39, 0.29) is 47.6 Å². The lowest BCUT2D eigenvalue weighted by atomic mass is 10.1. The Morgan fingerprint density at radius 3 is 2.32 bits per heavy atom. The maximum absolute atomic E-state index is 12.7. The van der Waals surface area contributed by atoms with Crippen LogP contribution in [0.25, 0.3) is 6.08 Å². The summed E-state index contributed by atoms with van der Waals surface area (Å²) in [5.74, 6) is -1.14. The SMILES string of the molecule is CCCCOCC(=O)N(C)c1cc(NC(=O)/C=C/c2cc(OC)c(O)c(OC)c2)ccc1C(=O)OCC. The number of carbonyl (C=O) groups is 3. The van der Waals surface area contributed by atoms with Gasteiger partial charge in [-0.1, -0.05) is 13.3 Å². The molecule has 200 valence electrons. The number of unbranched alkanes of at least 4 members (excludes halogenated alkanes) is 1. The van der Waals surface area contributed by atoms with Gasteiger partial charge in [-0.3, -0.25) is 9.59 Å². The van der Waals surface area contributed by atoms with Crippen molar-refractivity contribution in [3.05, 3.63) is 47.5 Å². The van der Waals surface area contributed by atoms with Gasteiger partial charge in [0.15, 0.2) is 11.5 Å². The number of hydrogen-bond donors (Lipinski definition) is 2. The number of hydrogen-bond acceptors (Lipinski definition) is 8. The summed E-state index contributed by atoms with van der Waals surface area (Å²) in [5, 5.41) is 12.8. The predicted octanol–water partition coefficient (Wildman–Crippen LogP) is 4.02. The van der Waals surface area contributed by atoms with Crippen LogP contribution in [0.5, 0.6) is 17.2 Å². The van der Waals surface area contributed by atoms with Gasteiger partial charge >= 0.3 is 5.97 Å². The Morgan fingerprint density at radius 1 is 1.05 bits per heavy atom. The summed E-state index contributed by atoms with van der Waals surface area (Å²) in [5.41, 5.74) is 1.39. The van der Waals surface area contributed by atoms with Crippen molar-refractivity contribution in [2.75, 3.05) is 51.3 Å². The minimum atomic E-state index is -0.586. The van der Waals surface area contributed by atoms with Crippen LogP contribution in [0.2, 0.25) is 0 Å². The number of likely N-dealkylation sites (N-methyl/N-ethyl adjacent to an activating group) is 1. The van der Waals surface area contributed by atoms with Crippen molar-refractivity contribution in [1.29, 1.82) is 0 Å². The smallest absolute Gasteiger partial charge is 0.340 e. The molecule has 0 aromatic heterocycles. The molecule has 10 nitrogen and oxygen atoms in total. The van der Waals surface area contributed by atoms with Crippen LogP contribution in [0.3, 0.4) is 0 Å². The number of aromatic hydroxyl groups is 1. The standard InChI is InChI=1S/C27H34N2O8/c1-6-8-13-36-17-25(31)29(3)21-16-19(10-11-20(21)27(33)37-7-2)28-24(30)12-9-18-14-22(34-4)26(32)23(15-18)35-5/h9-12,14-16,32H,6-8,13,17H2,1-5H3,(H,28,30)/b12-9+. The van der Waals surface area contributed by atoms with Crippen molar-refractivity contribution >= 4 is 35.2 Å². The van der Waals surface area contributed by atoms with Crippen LogP contribution >= 0.6 is 0 Å². The molecule has 0 spiro atoms. The third kappa shape index (κ3) is 8.25. The maximum Gasteiger partial charge on any atom is 0.340 e. The zero-order valence-corrected chi connectivity index (χ0v) is 21.8. The monoisotopic (exact) mass is 514 g/mol. The second-order valence-electron chi connectivity index (χ2n) is 7.91. The number of phenols is 1. The first-order valence-electron chi connectivity index (χ1n) is 11.8. The van der Waals surface area contributed by atoms with E-state index in [9.17, 15) is 19.5 Å². The second kappa shape index (κ2) is 14.5. The number of nitrogens with zero attached hydrogens (tertiary/aromatic N) is 1. The third-order valence-electron chi connectivity index (χ3n) is 5.29. The van der Waals surface area contributed by atoms with Gasteiger partial charge in [0, 0.05) is 25.4 Å². The molecule has 0 aliphatic heterocycles. The molecular weight excluding hydrogens is 480 g/mol. The summed E-state index contributed by atoms with van der Waals surface area (Å²) >= 11 is 0. The second-order valence-corrected chi connectivity index (χ2v) is 7.91. The molecule has 2 amide bonds. The molecule has 2 aromatic rings. The Labute approximate surface area is 216 Å². The average molecular weight is 515 g/mol. The molecule has 0 fully saturated rings. The highest BCUT2D eigenvalue weighted by molar-refractivity contribution is 6.06. The first-order valence-corrected chi connectivity index (χ1v) is 11.8. The minimum absolute atomic E-state index is 0.141. The van der Waals surface area contributed by atoms with Crippen molar-refractivity contribution < 1.29 is 38.4 Å². The fourth-order valence-electron chi connectivity index (χ4n) is 3.27. The van der Waals surface area contributed by atoms with Gasteiger partial charge in [0.2, 0.25) is 11.7 Å². The van der Waals surface area contributed by atoms with Crippen LogP contribution in [-0.4, -0.2) is 64.0 Å². The molecule has 0 unspecified atom stereocenters.